The number of nitrogens with zero attached hydrogens (tertiary/aromatic N) is 4. The molecule has 1 N–H and O–H groups in total. The van der Waals surface area contributed by atoms with Crippen molar-refractivity contribution in [3.8, 4) is 28.6 Å². The van der Waals surface area contributed by atoms with E-state index in [9.17, 15) is 19.1 Å². The third-order valence-corrected chi connectivity index (χ3v) is 7.59. The van der Waals surface area contributed by atoms with Gasteiger partial charge in [0.25, 0.3) is 5.91 Å². The van der Waals surface area contributed by atoms with Gasteiger partial charge < -0.3 is 29.3 Å². The van der Waals surface area contributed by atoms with Crippen LogP contribution in [-0.4, -0.2) is 95.1 Å². The summed E-state index contributed by atoms with van der Waals surface area (Å²) in [5.74, 6) is -1.72. The fourth-order valence-electron chi connectivity index (χ4n) is 5.15. The number of benzene rings is 1. The van der Waals surface area contributed by atoms with Crippen LogP contribution < -0.4 is 9.47 Å². The van der Waals surface area contributed by atoms with Gasteiger partial charge >= 0.3 is 0 Å². The molecule has 11 heteroatoms. The van der Waals surface area contributed by atoms with E-state index < -0.39 is 17.8 Å². The number of halogens is 2. The number of phenols is 1. The van der Waals surface area contributed by atoms with E-state index in [1.54, 1.807) is 9.80 Å². The van der Waals surface area contributed by atoms with E-state index in [0.29, 0.717) is 6.54 Å². The van der Waals surface area contributed by atoms with E-state index in [-0.39, 0.29) is 77.5 Å². The molecule has 2 atom stereocenters. The highest BCUT2D eigenvalue weighted by molar-refractivity contribution is 6.35. The van der Waals surface area contributed by atoms with Crippen molar-refractivity contribution in [3.05, 3.63) is 47.3 Å². The number of rotatable bonds is 5. The number of fused-ring (bicyclic) bond motifs is 2. The summed E-state index contributed by atoms with van der Waals surface area (Å²) in [5, 5.41) is 10.3. The second-order valence-corrected chi connectivity index (χ2v) is 9.84. The molecule has 2 amide bonds. The molecule has 1 aromatic carbocycles. The number of aromatic nitrogens is 1. The van der Waals surface area contributed by atoms with Crippen molar-refractivity contribution in [1.29, 1.82) is 0 Å². The first-order valence-electron chi connectivity index (χ1n) is 12.2. The van der Waals surface area contributed by atoms with E-state index in [4.69, 9.17) is 21.1 Å². The van der Waals surface area contributed by atoms with Gasteiger partial charge in [-0.05, 0) is 44.6 Å². The normalized spacial score (nSPS) is 21.6. The first-order chi connectivity index (χ1) is 17.8. The standard InChI is InChI=1S/C26H28ClFN4O5/c1-3-19(34)31-10-11-32-16(12-31)14-36-24-21(26(32)35)25(37-13-15-6-5-9-30(15)2)29-23(22(24)27)20-17(28)7-4-8-18(20)33/h3-4,7-8,15-16,33H,1,5-6,9-14H2,2H3/t15-,16-/m1/s1. The minimum Gasteiger partial charge on any atom is -0.507 e. The summed E-state index contributed by atoms with van der Waals surface area (Å²) in [6, 6.07) is 3.57. The Kier molecular flexibility index (Phi) is 6.96. The largest absolute Gasteiger partial charge is 0.507 e. The highest BCUT2D eigenvalue weighted by Gasteiger charge is 2.40. The molecule has 4 heterocycles. The van der Waals surface area contributed by atoms with Crippen molar-refractivity contribution in [3.63, 3.8) is 0 Å². The lowest BCUT2D eigenvalue weighted by Gasteiger charge is -2.39. The van der Waals surface area contributed by atoms with Crippen molar-refractivity contribution in [2.75, 3.05) is 46.4 Å². The lowest BCUT2D eigenvalue weighted by molar-refractivity contribution is -0.128. The van der Waals surface area contributed by atoms with E-state index >= 15 is 0 Å². The number of amides is 2. The molecule has 1 aromatic heterocycles. The minimum absolute atomic E-state index is 0.0186. The first-order valence-corrected chi connectivity index (χ1v) is 12.6. The van der Waals surface area contributed by atoms with Crippen LogP contribution in [0.5, 0.6) is 17.4 Å². The maximum Gasteiger partial charge on any atom is 0.263 e. The van der Waals surface area contributed by atoms with E-state index in [0.717, 1.165) is 19.4 Å². The summed E-state index contributed by atoms with van der Waals surface area (Å²) >= 11 is 6.69. The van der Waals surface area contributed by atoms with Crippen molar-refractivity contribution >= 4 is 23.4 Å². The molecule has 0 radical (unpaired) electrons. The Balaban J connectivity index is 1.58. The topological polar surface area (TPSA) is 95.4 Å². The van der Waals surface area contributed by atoms with Gasteiger partial charge in [0.15, 0.2) is 5.75 Å². The Morgan fingerprint density at radius 1 is 1.35 bits per heavy atom. The van der Waals surface area contributed by atoms with Gasteiger partial charge in [-0.15, -0.1) is 0 Å². The number of likely N-dealkylation sites (tertiary alicyclic amines) is 1. The number of ether oxygens (including phenoxy) is 2. The molecule has 196 valence electrons. The molecule has 3 aliphatic heterocycles. The number of carbonyl (C=O) groups is 2. The predicted octanol–water partition coefficient (Wildman–Crippen LogP) is 2.95. The molecule has 9 nitrogen and oxygen atoms in total. The number of pyridine rings is 1. The van der Waals surface area contributed by atoms with E-state index in [2.05, 4.69) is 16.5 Å². The lowest BCUT2D eigenvalue weighted by atomic mass is 10.1. The number of hydrogen-bond acceptors (Lipinski definition) is 7. The molecule has 0 aliphatic carbocycles. The second kappa shape index (κ2) is 10.2. The Morgan fingerprint density at radius 2 is 2.16 bits per heavy atom. The lowest BCUT2D eigenvalue weighted by Crippen LogP contribution is -2.57. The van der Waals surface area contributed by atoms with Gasteiger partial charge in [-0.3, -0.25) is 9.59 Å². The molecule has 2 saturated heterocycles. The van der Waals surface area contributed by atoms with Crippen LogP contribution in [0.4, 0.5) is 4.39 Å². The quantitative estimate of drug-likeness (QED) is 0.594. The van der Waals surface area contributed by atoms with Gasteiger partial charge in [-0.25, -0.2) is 9.37 Å². The molecule has 0 saturated carbocycles. The van der Waals surface area contributed by atoms with Crippen LogP contribution in [0.1, 0.15) is 23.2 Å². The molecule has 0 unspecified atom stereocenters. The average Bonchev–Trinajstić information content (AvgIpc) is 3.24. The van der Waals surface area contributed by atoms with Crippen molar-refractivity contribution < 1.29 is 28.6 Å². The Morgan fingerprint density at radius 3 is 2.86 bits per heavy atom. The Labute approximate surface area is 219 Å². The zero-order chi connectivity index (χ0) is 26.3. The van der Waals surface area contributed by atoms with Crippen molar-refractivity contribution in [2.45, 2.75) is 24.9 Å². The van der Waals surface area contributed by atoms with Crippen LogP contribution >= 0.6 is 11.6 Å². The summed E-state index contributed by atoms with van der Waals surface area (Å²) in [4.78, 5) is 35.9. The van der Waals surface area contributed by atoms with E-state index in [1.807, 2.05) is 7.05 Å². The van der Waals surface area contributed by atoms with Crippen LogP contribution in [0.3, 0.4) is 0 Å². The van der Waals surface area contributed by atoms with Gasteiger partial charge in [0.2, 0.25) is 11.8 Å². The molecular weight excluding hydrogens is 503 g/mol. The fourth-order valence-corrected chi connectivity index (χ4v) is 5.43. The van der Waals surface area contributed by atoms with Gasteiger partial charge in [0.05, 0.1) is 11.6 Å². The van der Waals surface area contributed by atoms with Crippen LogP contribution in [0.2, 0.25) is 5.02 Å². The monoisotopic (exact) mass is 530 g/mol. The third kappa shape index (κ3) is 4.59. The number of phenolic OH excluding ortho intramolecular Hbond substituents is 1. The van der Waals surface area contributed by atoms with Gasteiger partial charge in [-0.2, -0.15) is 0 Å². The third-order valence-electron chi connectivity index (χ3n) is 7.24. The highest BCUT2D eigenvalue weighted by atomic mass is 35.5. The molecular formula is C26H28ClFN4O5. The average molecular weight is 531 g/mol. The smallest absolute Gasteiger partial charge is 0.263 e. The van der Waals surface area contributed by atoms with Gasteiger partial charge in [-0.1, -0.05) is 24.2 Å². The SMILES string of the molecule is C=CC(=O)N1CCN2C(=O)c3c(OC[C@H]4CCCN4C)nc(-c4c(O)cccc4F)c(Cl)c3OC[C@H]2C1. The number of hydrogen-bond donors (Lipinski definition) is 1. The summed E-state index contributed by atoms with van der Waals surface area (Å²) in [6.07, 6.45) is 3.20. The Hall–Kier alpha value is -3.37. The maximum atomic E-state index is 14.8. The van der Waals surface area contributed by atoms with Gasteiger partial charge in [0.1, 0.15) is 41.1 Å². The molecule has 5 rings (SSSR count). The van der Waals surface area contributed by atoms with Crippen LogP contribution in [0, 0.1) is 5.82 Å². The molecule has 3 aliphatic rings. The molecule has 37 heavy (non-hydrogen) atoms. The van der Waals surface area contributed by atoms with Crippen molar-refractivity contribution in [1.82, 2.24) is 19.7 Å². The number of aromatic hydroxyl groups is 1. The van der Waals surface area contributed by atoms with Crippen LogP contribution in [0.25, 0.3) is 11.3 Å². The minimum atomic E-state index is -0.730. The molecule has 0 bridgehead atoms. The number of carbonyl (C=O) groups excluding carboxylic acids is 2. The summed E-state index contributed by atoms with van der Waals surface area (Å²) in [5.41, 5.74) is -0.239. The summed E-state index contributed by atoms with van der Waals surface area (Å²) in [6.45, 7) is 5.68. The molecule has 0 spiro atoms. The Bertz CT molecular complexity index is 1240. The highest BCUT2D eigenvalue weighted by Crippen LogP contribution is 2.45. The number of likely N-dealkylation sites (N-methyl/N-ethyl adjacent to an activating group) is 1. The van der Waals surface area contributed by atoms with Crippen LogP contribution in [-0.2, 0) is 4.79 Å². The molecule has 2 fully saturated rings. The maximum absolute atomic E-state index is 14.8. The fraction of sp³-hybridized carbons (Fsp3) is 0.423. The second-order valence-electron chi connectivity index (χ2n) is 9.46. The van der Waals surface area contributed by atoms with Crippen LogP contribution in [0.15, 0.2) is 30.9 Å². The zero-order valence-corrected chi connectivity index (χ0v) is 21.2. The first kappa shape index (κ1) is 25.3. The predicted molar refractivity (Wildman–Crippen MR) is 135 cm³/mol. The zero-order valence-electron chi connectivity index (χ0n) is 20.5. The summed E-state index contributed by atoms with van der Waals surface area (Å²) < 4.78 is 27.0. The van der Waals surface area contributed by atoms with Crippen molar-refractivity contribution in [2.24, 2.45) is 0 Å². The number of piperazine rings is 1. The summed E-state index contributed by atoms with van der Waals surface area (Å²) in [7, 11) is 2.00. The van der Waals surface area contributed by atoms with Gasteiger partial charge in [0, 0.05) is 25.7 Å². The van der Waals surface area contributed by atoms with E-state index in [1.165, 1.54) is 24.3 Å². The molecule has 2 aromatic rings.